The van der Waals surface area contributed by atoms with Crippen LogP contribution in [0, 0.1) is 5.92 Å². The molecule has 0 N–H and O–H groups in total. The lowest BCUT2D eigenvalue weighted by molar-refractivity contribution is 0.0627. The first-order valence-corrected chi connectivity index (χ1v) is 7.61. The van der Waals surface area contributed by atoms with E-state index in [-0.39, 0.29) is 0 Å². The Hall–Kier alpha value is -1.60. The molecule has 0 unspecified atom stereocenters. The minimum absolute atomic E-state index is 0.514. The predicted molar refractivity (Wildman–Crippen MR) is 82.9 cm³/mol. The van der Waals surface area contributed by atoms with E-state index in [2.05, 4.69) is 60.7 Å². The van der Waals surface area contributed by atoms with Gasteiger partial charge in [0.2, 0.25) is 0 Å². The maximum Gasteiger partial charge on any atom is 0.0468 e. The number of ether oxygens (including phenoxy) is 1. The molecule has 104 valence electrons. The molecule has 0 atom stereocenters. The van der Waals surface area contributed by atoms with Gasteiger partial charge in [0.25, 0.3) is 0 Å². The first kappa shape index (κ1) is 13.4. The van der Waals surface area contributed by atoms with Crippen molar-refractivity contribution in [1.29, 1.82) is 0 Å². The molecule has 1 fully saturated rings. The summed E-state index contributed by atoms with van der Waals surface area (Å²) in [5.74, 6) is 1.30. The Labute approximate surface area is 121 Å². The van der Waals surface area contributed by atoms with Crippen molar-refractivity contribution in [3.05, 3.63) is 71.8 Å². The topological polar surface area (TPSA) is 9.23 Å². The molecule has 2 aromatic rings. The Morgan fingerprint density at radius 3 is 1.80 bits per heavy atom. The van der Waals surface area contributed by atoms with Crippen molar-refractivity contribution in [1.82, 2.24) is 0 Å². The van der Waals surface area contributed by atoms with Crippen LogP contribution in [0.1, 0.15) is 36.3 Å². The summed E-state index contributed by atoms with van der Waals surface area (Å²) < 4.78 is 5.49. The van der Waals surface area contributed by atoms with Crippen LogP contribution in [-0.4, -0.2) is 13.2 Å². The smallest absolute Gasteiger partial charge is 0.0468 e. The maximum atomic E-state index is 5.49. The van der Waals surface area contributed by atoms with Crippen molar-refractivity contribution in [3.8, 4) is 0 Å². The summed E-state index contributed by atoms with van der Waals surface area (Å²) in [6, 6.07) is 21.8. The van der Waals surface area contributed by atoms with E-state index < -0.39 is 0 Å². The van der Waals surface area contributed by atoms with Gasteiger partial charge in [0, 0.05) is 19.1 Å². The van der Waals surface area contributed by atoms with E-state index in [1.54, 1.807) is 0 Å². The molecule has 20 heavy (non-hydrogen) atoms. The Morgan fingerprint density at radius 2 is 1.30 bits per heavy atom. The van der Waals surface area contributed by atoms with Crippen molar-refractivity contribution < 1.29 is 4.74 Å². The van der Waals surface area contributed by atoms with E-state index in [0.717, 1.165) is 19.1 Å². The molecule has 1 heterocycles. The molecule has 0 amide bonds. The fourth-order valence-corrected chi connectivity index (χ4v) is 3.15. The molecule has 1 heteroatoms. The quantitative estimate of drug-likeness (QED) is 0.783. The maximum absolute atomic E-state index is 5.49. The van der Waals surface area contributed by atoms with Crippen LogP contribution in [0.5, 0.6) is 0 Å². The molecule has 2 aromatic carbocycles. The molecule has 0 bridgehead atoms. The molecule has 3 rings (SSSR count). The van der Waals surface area contributed by atoms with Crippen LogP contribution in [0.15, 0.2) is 60.7 Å². The number of rotatable bonds is 4. The molecule has 0 aromatic heterocycles. The van der Waals surface area contributed by atoms with Gasteiger partial charge in [0.15, 0.2) is 0 Å². The second-order valence-corrected chi connectivity index (χ2v) is 5.67. The van der Waals surface area contributed by atoms with Crippen LogP contribution in [0.2, 0.25) is 0 Å². The van der Waals surface area contributed by atoms with Gasteiger partial charge >= 0.3 is 0 Å². The lowest BCUT2D eigenvalue weighted by Gasteiger charge is -2.27. The highest BCUT2D eigenvalue weighted by Gasteiger charge is 2.21. The van der Waals surface area contributed by atoms with Gasteiger partial charge in [0.05, 0.1) is 0 Å². The number of hydrogen-bond donors (Lipinski definition) is 0. The van der Waals surface area contributed by atoms with Crippen molar-refractivity contribution in [3.63, 3.8) is 0 Å². The van der Waals surface area contributed by atoms with Crippen molar-refractivity contribution in [2.75, 3.05) is 13.2 Å². The number of hydrogen-bond acceptors (Lipinski definition) is 1. The molecule has 0 radical (unpaired) electrons. The first-order valence-electron chi connectivity index (χ1n) is 7.61. The van der Waals surface area contributed by atoms with E-state index in [1.165, 1.54) is 30.4 Å². The van der Waals surface area contributed by atoms with Gasteiger partial charge in [0.1, 0.15) is 0 Å². The van der Waals surface area contributed by atoms with Crippen LogP contribution < -0.4 is 0 Å². The third kappa shape index (κ3) is 3.29. The van der Waals surface area contributed by atoms with Gasteiger partial charge in [-0.05, 0) is 36.3 Å². The molecule has 1 nitrogen and oxygen atoms in total. The summed E-state index contributed by atoms with van der Waals surface area (Å²) in [6.45, 7) is 1.86. The average molecular weight is 266 g/mol. The minimum Gasteiger partial charge on any atom is -0.381 e. The average Bonchev–Trinajstić information content (AvgIpc) is 2.55. The van der Waals surface area contributed by atoms with Gasteiger partial charge < -0.3 is 4.74 Å². The van der Waals surface area contributed by atoms with E-state index >= 15 is 0 Å². The van der Waals surface area contributed by atoms with E-state index in [1.807, 2.05) is 0 Å². The molecular weight excluding hydrogens is 244 g/mol. The summed E-state index contributed by atoms with van der Waals surface area (Å²) in [5, 5.41) is 0. The summed E-state index contributed by atoms with van der Waals surface area (Å²) in [7, 11) is 0. The normalized spacial score (nSPS) is 16.4. The Bertz CT molecular complexity index is 460. The van der Waals surface area contributed by atoms with Gasteiger partial charge in [-0.25, -0.2) is 0 Å². The van der Waals surface area contributed by atoms with Gasteiger partial charge in [-0.15, -0.1) is 0 Å². The van der Waals surface area contributed by atoms with Gasteiger partial charge in [-0.2, -0.15) is 0 Å². The largest absolute Gasteiger partial charge is 0.381 e. The molecule has 1 saturated heterocycles. The van der Waals surface area contributed by atoms with Crippen LogP contribution >= 0.6 is 0 Å². The predicted octanol–water partition coefficient (Wildman–Crippen LogP) is 4.64. The Balaban J connectivity index is 1.83. The van der Waals surface area contributed by atoms with Crippen molar-refractivity contribution in [2.24, 2.45) is 5.92 Å². The van der Waals surface area contributed by atoms with E-state index in [4.69, 9.17) is 4.74 Å². The summed E-state index contributed by atoms with van der Waals surface area (Å²) >= 11 is 0. The van der Waals surface area contributed by atoms with Gasteiger partial charge in [-0.3, -0.25) is 0 Å². The van der Waals surface area contributed by atoms with E-state index in [0.29, 0.717) is 5.92 Å². The van der Waals surface area contributed by atoms with Crippen molar-refractivity contribution in [2.45, 2.75) is 25.2 Å². The zero-order chi connectivity index (χ0) is 13.6. The third-order valence-corrected chi connectivity index (χ3v) is 4.31. The van der Waals surface area contributed by atoms with Crippen LogP contribution in [0.25, 0.3) is 0 Å². The zero-order valence-corrected chi connectivity index (χ0v) is 11.9. The van der Waals surface area contributed by atoms with Crippen molar-refractivity contribution >= 4 is 0 Å². The monoisotopic (exact) mass is 266 g/mol. The number of benzene rings is 2. The van der Waals surface area contributed by atoms with Crippen LogP contribution in [-0.2, 0) is 4.74 Å². The van der Waals surface area contributed by atoms with Gasteiger partial charge in [-0.1, -0.05) is 60.7 Å². The fraction of sp³-hybridized carbons (Fsp3) is 0.368. The molecular formula is C19H22O. The van der Waals surface area contributed by atoms with Crippen LogP contribution in [0.4, 0.5) is 0 Å². The molecule has 0 saturated carbocycles. The Morgan fingerprint density at radius 1 is 0.800 bits per heavy atom. The SMILES string of the molecule is c1ccc(C(CC2CCOCC2)c2ccccc2)cc1. The Kier molecular flexibility index (Phi) is 4.49. The zero-order valence-electron chi connectivity index (χ0n) is 11.9. The fourth-order valence-electron chi connectivity index (χ4n) is 3.15. The highest BCUT2D eigenvalue weighted by Crippen LogP contribution is 2.34. The van der Waals surface area contributed by atoms with Crippen LogP contribution in [0.3, 0.4) is 0 Å². The molecule has 0 spiro atoms. The summed E-state index contributed by atoms with van der Waals surface area (Å²) in [5.41, 5.74) is 2.87. The lowest BCUT2D eigenvalue weighted by Crippen LogP contribution is -2.18. The highest BCUT2D eigenvalue weighted by molar-refractivity contribution is 5.32. The second kappa shape index (κ2) is 6.71. The second-order valence-electron chi connectivity index (χ2n) is 5.67. The summed E-state index contributed by atoms with van der Waals surface area (Å²) in [6.07, 6.45) is 3.64. The lowest BCUT2D eigenvalue weighted by atomic mass is 9.81. The molecule has 1 aliphatic heterocycles. The highest BCUT2D eigenvalue weighted by atomic mass is 16.5. The third-order valence-electron chi connectivity index (χ3n) is 4.31. The molecule has 1 aliphatic rings. The first-order chi connectivity index (χ1) is 9.93. The van der Waals surface area contributed by atoms with E-state index in [9.17, 15) is 0 Å². The summed E-state index contributed by atoms with van der Waals surface area (Å²) in [4.78, 5) is 0. The minimum atomic E-state index is 0.514. The molecule has 0 aliphatic carbocycles. The standard InChI is InChI=1S/C19H22O/c1-3-7-17(8-4-1)19(18-9-5-2-6-10-18)15-16-11-13-20-14-12-16/h1-10,16,19H,11-15H2.